The molecule has 0 bridgehead atoms. The fraction of sp³-hybridized carbons (Fsp3) is 0.900. The van der Waals surface area contributed by atoms with Crippen LogP contribution in [0.2, 0.25) is 0 Å². The van der Waals surface area contributed by atoms with Gasteiger partial charge < -0.3 is 9.84 Å². The molecule has 0 aliphatic heterocycles. The molecule has 0 amide bonds. The van der Waals surface area contributed by atoms with Crippen LogP contribution in [0.4, 0.5) is 0 Å². The van der Waals surface area contributed by atoms with Crippen molar-refractivity contribution in [1.29, 1.82) is 0 Å². The summed E-state index contributed by atoms with van der Waals surface area (Å²) in [6.45, 7) is 3.61. The van der Waals surface area contributed by atoms with Gasteiger partial charge in [-0.3, -0.25) is 4.79 Å². The molecule has 1 aliphatic rings. The summed E-state index contributed by atoms with van der Waals surface area (Å²) in [5.74, 6) is -0.305. The Hall–Kier alpha value is -0.570. The van der Waals surface area contributed by atoms with Crippen LogP contribution < -0.4 is 0 Å². The van der Waals surface area contributed by atoms with Gasteiger partial charge >= 0.3 is 5.97 Å². The number of hydrogen-bond donors (Lipinski definition) is 1. The summed E-state index contributed by atoms with van der Waals surface area (Å²) in [6.07, 6.45) is 2.94. The molecule has 0 heterocycles. The Morgan fingerprint density at radius 2 is 2.00 bits per heavy atom. The molecule has 0 unspecified atom stereocenters. The fourth-order valence-electron chi connectivity index (χ4n) is 1.50. The Morgan fingerprint density at radius 1 is 1.38 bits per heavy atom. The van der Waals surface area contributed by atoms with Gasteiger partial charge in [0.1, 0.15) is 6.10 Å². The number of ether oxygens (including phenoxy) is 1. The molecule has 1 fully saturated rings. The zero-order valence-electron chi connectivity index (χ0n) is 8.32. The number of rotatable bonds is 2. The zero-order valence-corrected chi connectivity index (χ0v) is 8.32. The van der Waals surface area contributed by atoms with Gasteiger partial charge in [-0.05, 0) is 19.3 Å². The van der Waals surface area contributed by atoms with Crippen LogP contribution in [0.1, 0.15) is 39.5 Å². The lowest BCUT2D eigenvalue weighted by atomic mass is 9.95. The molecule has 0 saturated heterocycles. The van der Waals surface area contributed by atoms with E-state index in [0.717, 1.165) is 25.7 Å². The Morgan fingerprint density at radius 3 is 2.54 bits per heavy atom. The van der Waals surface area contributed by atoms with Crippen molar-refractivity contribution in [2.75, 3.05) is 0 Å². The smallest absolute Gasteiger partial charge is 0.308 e. The number of carbonyl (C=O) groups excluding carboxylic acids is 1. The Bertz CT molecular complexity index is 177. The molecule has 1 rings (SSSR count). The topological polar surface area (TPSA) is 46.5 Å². The van der Waals surface area contributed by atoms with Gasteiger partial charge in [-0.2, -0.15) is 0 Å². The van der Waals surface area contributed by atoms with Crippen LogP contribution in [0, 0.1) is 5.92 Å². The largest absolute Gasteiger partial charge is 0.459 e. The summed E-state index contributed by atoms with van der Waals surface area (Å²) in [6, 6.07) is 0. The summed E-state index contributed by atoms with van der Waals surface area (Å²) in [5, 5.41) is 9.52. The average Bonchev–Trinajstić information content (AvgIpc) is 2.08. The first kappa shape index (κ1) is 10.5. The van der Waals surface area contributed by atoms with Gasteiger partial charge in [0.2, 0.25) is 0 Å². The van der Waals surface area contributed by atoms with E-state index < -0.39 is 6.10 Å². The van der Waals surface area contributed by atoms with Crippen LogP contribution in [-0.4, -0.2) is 23.3 Å². The van der Waals surface area contributed by atoms with E-state index in [1.807, 2.05) is 0 Å². The van der Waals surface area contributed by atoms with E-state index in [-0.39, 0.29) is 18.0 Å². The monoisotopic (exact) mass is 186 g/mol. The van der Waals surface area contributed by atoms with Gasteiger partial charge in [-0.1, -0.05) is 20.3 Å². The maximum atomic E-state index is 11.2. The highest BCUT2D eigenvalue weighted by atomic mass is 16.6. The van der Waals surface area contributed by atoms with Crippen molar-refractivity contribution in [2.24, 2.45) is 5.92 Å². The molecule has 1 aliphatic carbocycles. The lowest BCUT2D eigenvalue weighted by molar-refractivity contribution is -0.161. The minimum absolute atomic E-state index is 0.103. The lowest BCUT2D eigenvalue weighted by Crippen LogP contribution is -2.35. The maximum absolute atomic E-state index is 11.2. The first-order valence-corrected chi connectivity index (χ1v) is 5.00. The normalized spacial score (nSPS) is 28.9. The van der Waals surface area contributed by atoms with Gasteiger partial charge in [0.05, 0.1) is 12.0 Å². The molecular formula is C10H18O3. The third-order valence-electron chi connectivity index (χ3n) is 2.41. The average molecular weight is 186 g/mol. The van der Waals surface area contributed by atoms with Crippen molar-refractivity contribution in [3.05, 3.63) is 0 Å². The van der Waals surface area contributed by atoms with Crippen LogP contribution in [0.15, 0.2) is 0 Å². The van der Waals surface area contributed by atoms with E-state index in [1.54, 1.807) is 13.8 Å². The van der Waals surface area contributed by atoms with E-state index in [0.29, 0.717) is 0 Å². The molecule has 0 spiro atoms. The molecule has 0 aromatic heterocycles. The Labute approximate surface area is 79.1 Å². The summed E-state index contributed by atoms with van der Waals surface area (Å²) < 4.78 is 5.18. The van der Waals surface area contributed by atoms with Crippen LogP contribution in [-0.2, 0) is 9.53 Å². The van der Waals surface area contributed by atoms with Gasteiger partial charge in [-0.15, -0.1) is 0 Å². The second-order valence-electron chi connectivity index (χ2n) is 3.98. The predicted molar refractivity (Wildman–Crippen MR) is 49.2 cm³/mol. The van der Waals surface area contributed by atoms with Crippen molar-refractivity contribution < 1.29 is 14.6 Å². The summed E-state index contributed by atoms with van der Waals surface area (Å²) in [5.41, 5.74) is 0. The second-order valence-corrected chi connectivity index (χ2v) is 3.98. The SMILES string of the molecule is CC(C)C(=O)O[C@@H]1CCCC[C@H]1O. The lowest BCUT2D eigenvalue weighted by Gasteiger charge is -2.27. The zero-order chi connectivity index (χ0) is 9.84. The first-order valence-electron chi connectivity index (χ1n) is 5.00. The summed E-state index contributed by atoms with van der Waals surface area (Å²) in [4.78, 5) is 11.2. The predicted octanol–water partition coefficient (Wildman–Crippen LogP) is 1.49. The highest BCUT2D eigenvalue weighted by Gasteiger charge is 2.26. The third kappa shape index (κ3) is 2.99. The molecule has 3 nitrogen and oxygen atoms in total. The number of carbonyl (C=O) groups is 1. The van der Waals surface area contributed by atoms with E-state index in [4.69, 9.17) is 4.74 Å². The third-order valence-corrected chi connectivity index (χ3v) is 2.41. The molecule has 0 aromatic rings. The molecule has 1 saturated carbocycles. The summed E-state index contributed by atoms with van der Waals surface area (Å²) >= 11 is 0. The standard InChI is InChI=1S/C10H18O3/c1-7(2)10(12)13-9-6-4-3-5-8(9)11/h7-9,11H,3-6H2,1-2H3/t8-,9-/m1/s1. The molecule has 1 N–H and O–H groups in total. The van der Waals surface area contributed by atoms with Gasteiger partial charge in [0.15, 0.2) is 0 Å². The minimum atomic E-state index is -0.448. The quantitative estimate of drug-likeness (QED) is 0.664. The van der Waals surface area contributed by atoms with E-state index in [9.17, 15) is 9.90 Å². The van der Waals surface area contributed by atoms with Crippen LogP contribution in [0.5, 0.6) is 0 Å². The van der Waals surface area contributed by atoms with E-state index in [2.05, 4.69) is 0 Å². The van der Waals surface area contributed by atoms with Crippen molar-refractivity contribution in [1.82, 2.24) is 0 Å². The molecule has 76 valence electrons. The Kier molecular flexibility index (Phi) is 3.72. The van der Waals surface area contributed by atoms with Crippen LogP contribution >= 0.6 is 0 Å². The highest BCUT2D eigenvalue weighted by molar-refractivity contribution is 5.71. The van der Waals surface area contributed by atoms with Crippen molar-refractivity contribution in [2.45, 2.75) is 51.7 Å². The van der Waals surface area contributed by atoms with E-state index in [1.165, 1.54) is 0 Å². The highest BCUT2D eigenvalue weighted by Crippen LogP contribution is 2.21. The number of aliphatic hydroxyl groups excluding tert-OH is 1. The molecule has 2 atom stereocenters. The Balaban J connectivity index is 2.38. The molecular weight excluding hydrogens is 168 g/mol. The molecule has 13 heavy (non-hydrogen) atoms. The van der Waals surface area contributed by atoms with Gasteiger partial charge in [-0.25, -0.2) is 0 Å². The molecule has 3 heteroatoms. The fourth-order valence-corrected chi connectivity index (χ4v) is 1.50. The van der Waals surface area contributed by atoms with Crippen LogP contribution in [0.25, 0.3) is 0 Å². The maximum Gasteiger partial charge on any atom is 0.308 e. The minimum Gasteiger partial charge on any atom is -0.459 e. The molecule has 0 radical (unpaired) electrons. The van der Waals surface area contributed by atoms with E-state index >= 15 is 0 Å². The number of aliphatic hydroxyl groups is 1. The summed E-state index contributed by atoms with van der Waals surface area (Å²) in [7, 11) is 0. The van der Waals surface area contributed by atoms with Crippen molar-refractivity contribution in [3.8, 4) is 0 Å². The van der Waals surface area contributed by atoms with Gasteiger partial charge in [0.25, 0.3) is 0 Å². The van der Waals surface area contributed by atoms with Crippen molar-refractivity contribution in [3.63, 3.8) is 0 Å². The van der Waals surface area contributed by atoms with Crippen molar-refractivity contribution >= 4 is 5.97 Å². The number of esters is 1. The number of hydrogen-bond acceptors (Lipinski definition) is 3. The molecule has 0 aromatic carbocycles. The van der Waals surface area contributed by atoms with Gasteiger partial charge in [0, 0.05) is 0 Å². The first-order chi connectivity index (χ1) is 6.11. The second kappa shape index (κ2) is 4.61. The van der Waals surface area contributed by atoms with Crippen LogP contribution in [0.3, 0.4) is 0 Å².